The number of carbonyl (C=O) groups excluding carboxylic acids is 1. The van der Waals surface area contributed by atoms with E-state index in [1.807, 2.05) is 4.52 Å². The molecule has 31 heavy (non-hydrogen) atoms. The minimum Gasteiger partial charge on any atom is -0.335 e. The van der Waals surface area contributed by atoms with Crippen molar-refractivity contribution in [3.8, 4) is 0 Å². The van der Waals surface area contributed by atoms with Crippen molar-refractivity contribution in [2.75, 3.05) is 0 Å². The summed E-state index contributed by atoms with van der Waals surface area (Å²) >= 11 is 0. The van der Waals surface area contributed by atoms with E-state index in [4.69, 9.17) is 0 Å². The van der Waals surface area contributed by atoms with Gasteiger partial charge in [0.2, 0.25) is 0 Å². The number of aromatic nitrogens is 4. The van der Waals surface area contributed by atoms with Crippen LogP contribution in [0.4, 0.5) is 4.79 Å². The molecule has 0 saturated heterocycles. The summed E-state index contributed by atoms with van der Waals surface area (Å²) in [4.78, 5) is 15.5. The van der Waals surface area contributed by atoms with Gasteiger partial charge in [-0.1, -0.05) is 50.2 Å². The number of nitrogens with one attached hydrogen (secondary N) is 1. The van der Waals surface area contributed by atoms with E-state index in [2.05, 4.69) is 56.9 Å². The van der Waals surface area contributed by atoms with Gasteiger partial charge in [-0.25, -0.2) is 4.79 Å². The lowest BCUT2D eigenvalue weighted by Gasteiger charge is -2.36. The summed E-state index contributed by atoms with van der Waals surface area (Å²) < 4.78 is 1.81. The van der Waals surface area contributed by atoms with E-state index in [9.17, 15) is 4.79 Å². The van der Waals surface area contributed by atoms with Gasteiger partial charge in [0.15, 0.2) is 5.65 Å². The second-order valence-electron chi connectivity index (χ2n) is 9.35. The summed E-state index contributed by atoms with van der Waals surface area (Å²) in [6.07, 6.45) is 11.7. The van der Waals surface area contributed by atoms with Gasteiger partial charge in [-0.3, -0.25) is 0 Å². The Kier molecular flexibility index (Phi) is 5.74. The van der Waals surface area contributed by atoms with Gasteiger partial charge >= 0.3 is 6.03 Å². The summed E-state index contributed by atoms with van der Waals surface area (Å²) in [5.41, 5.74) is 3.94. The fourth-order valence-electron chi connectivity index (χ4n) is 5.35. The fourth-order valence-corrected chi connectivity index (χ4v) is 5.35. The van der Waals surface area contributed by atoms with Crippen LogP contribution in [-0.2, 0) is 6.54 Å². The highest BCUT2D eigenvalue weighted by Gasteiger charge is 2.28. The summed E-state index contributed by atoms with van der Waals surface area (Å²) in [6.45, 7) is 2.63. The monoisotopic (exact) mass is 420 g/mol. The first-order valence-corrected chi connectivity index (χ1v) is 11.9. The van der Waals surface area contributed by atoms with E-state index in [0.717, 1.165) is 47.8 Å². The molecule has 7 nitrogen and oxygen atoms in total. The number of fused-ring (bicyclic) bond motifs is 3. The Hall–Kier alpha value is -2.70. The van der Waals surface area contributed by atoms with E-state index in [-0.39, 0.29) is 12.1 Å². The SMILES string of the molecule is Cc1ccc2c(c1)cc(CN(C(=O)NC1CCCCC1)C1CCCCC1)c1nnnn12. The van der Waals surface area contributed by atoms with Crippen LogP contribution in [0.1, 0.15) is 75.3 Å². The number of nitrogens with zero attached hydrogens (tertiary/aromatic N) is 5. The Balaban J connectivity index is 1.48. The second kappa shape index (κ2) is 8.81. The predicted octanol–water partition coefficient (Wildman–Crippen LogP) is 4.76. The van der Waals surface area contributed by atoms with Crippen LogP contribution in [-0.4, -0.2) is 43.1 Å². The summed E-state index contributed by atoms with van der Waals surface area (Å²) in [7, 11) is 0. The van der Waals surface area contributed by atoms with Crippen LogP contribution in [0.2, 0.25) is 0 Å². The summed E-state index contributed by atoms with van der Waals surface area (Å²) in [5.74, 6) is 0. The van der Waals surface area contributed by atoms with E-state index in [1.165, 1.54) is 44.1 Å². The minimum atomic E-state index is 0.0776. The van der Waals surface area contributed by atoms with Crippen LogP contribution in [0.25, 0.3) is 16.6 Å². The third kappa shape index (κ3) is 4.23. The Labute approximate surface area is 183 Å². The Bertz CT molecular complexity index is 1060. The number of rotatable bonds is 4. The van der Waals surface area contributed by atoms with Crippen LogP contribution in [0.15, 0.2) is 24.3 Å². The highest BCUT2D eigenvalue weighted by Crippen LogP contribution is 2.27. The molecule has 3 aromatic rings. The molecule has 0 atom stereocenters. The van der Waals surface area contributed by atoms with Crippen molar-refractivity contribution in [1.82, 2.24) is 30.3 Å². The van der Waals surface area contributed by atoms with Crippen LogP contribution in [0, 0.1) is 6.92 Å². The molecule has 2 amide bonds. The van der Waals surface area contributed by atoms with Gasteiger partial charge in [-0.15, -0.1) is 5.10 Å². The van der Waals surface area contributed by atoms with Crippen LogP contribution < -0.4 is 5.32 Å². The van der Waals surface area contributed by atoms with Crippen molar-refractivity contribution in [1.29, 1.82) is 0 Å². The number of hydrogen-bond donors (Lipinski definition) is 1. The molecule has 7 heteroatoms. The smallest absolute Gasteiger partial charge is 0.318 e. The maximum absolute atomic E-state index is 13.5. The fraction of sp³-hybridized carbons (Fsp3) is 0.583. The first-order valence-electron chi connectivity index (χ1n) is 11.9. The second-order valence-corrected chi connectivity index (χ2v) is 9.35. The molecule has 5 rings (SSSR count). The zero-order valence-corrected chi connectivity index (χ0v) is 18.4. The molecule has 0 aliphatic heterocycles. The molecule has 2 aliphatic carbocycles. The number of aryl methyl sites for hydroxylation is 1. The van der Waals surface area contributed by atoms with Crippen molar-refractivity contribution in [3.63, 3.8) is 0 Å². The lowest BCUT2D eigenvalue weighted by molar-refractivity contribution is 0.146. The number of pyridine rings is 1. The van der Waals surface area contributed by atoms with Gasteiger partial charge < -0.3 is 10.2 Å². The summed E-state index contributed by atoms with van der Waals surface area (Å²) in [6, 6.07) is 9.13. The topological polar surface area (TPSA) is 75.4 Å². The average molecular weight is 421 g/mol. The molecule has 0 spiro atoms. The zero-order chi connectivity index (χ0) is 21.2. The van der Waals surface area contributed by atoms with Crippen LogP contribution in [0.5, 0.6) is 0 Å². The molecule has 164 valence electrons. The molecule has 2 saturated carbocycles. The average Bonchev–Trinajstić information content (AvgIpc) is 3.29. The summed E-state index contributed by atoms with van der Waals surface area (Å²) in [5, 5.41) is 16.9. The number of benzene rings is 1. The van der Waals surface area contributed by atoms with Crippen molar-refractivity contribution in [2.24, 2.45) is 0 Å². The molecule has 0 radical (unpaired) electrons. The molecule has 1 aromatic carbocycles. The third-order valence-corrected chi connectivity index (χ3v) is 7.05. The largest absolute Gasteiger partial charge is 0.335 e. The number of urea groups is 1. The number of hydrogen-bond acceptors (Lipinski definition) is 4. The lowest BCUT2D eigenvalue weighted by atomic mass is 9.93. The molecule has 0 unspecified atom stereocenters. The standard InChI is InChI=1S/C24H32N6O/c1-17-12-13-22-18(14-17)15-19(23-26-27-28-30(22)23)16-29(21-10-6-3-7-11-21)24(31)25-20-8-4-2-5-9-20/h12-15,20-21H,2-11,16H2,1H3,(H,25,31). The van der Waals surface area contributed by atoms with E-state index in [0.29, 0.717) is 12.6 Å². The molecule has 2 fully saturated rings. The first-order chi connectivity index (χ1) is 15.2. The van der Waals surface area contributed by atoms with E-state index in [1.54, 1.807) is 0 Å². The number of tetrazole rings is 1. The Morgan fingerprint density at radius 1 is 1.06 bits per heavy atom. The highest BCUT2D eigenvalue weighted by atomic mass is 16.2. The maximum atomic E-state index is 13.5. The van der Waals surface area contributed by atoms with Crippen molar-refractivity contribution < 1.29 is 4.79 Å². The normalized spacial score (nSPS) is 18.5. The lowest BCUT2D eigenvalue weighted by Crippen LogP contribution is -2.49. The molecule has 2 heterocycles. The number of carbonyl (C=O) groups is 1. The Morgan fingerprint density at radius 2 is 1.81 bits per heavy atom. The molecule has 2 aliphatic rings. The van der Waals surface area contributed by atoms with Gasteiger partial charge in [-0.05, 0) is 61.2 Å². The zero-order valence-electron chi connectivity index (χ0n) is 18.4. The number of amides is 2. The predicted molar refractivity (Wildman–Crippen MR) is 121 cm³/mol. The van der Waals surface area contributed by atoms with Crippen molar-refractivity contribution in [3.05, 3.63) is 35.4 Å². The van der Waals surface area contributed by atoms with Gasteiger partial charge in [-0.2, -0.15) is 4.52 Å². The van der Waals surface area contributed by atoms with Crippen molar-refractivity contribution in [2.45, 2.75) is 89.8 Å². The maximum Gasteiger partial charge on any atom is 0.318 e. The molecular formula is C24H32N6O. The van der Waals surface area contributed by atoms with Crippen molar-refractivity contribution >= 4 is 22.6 Å². The van der Waals surface area contributed by atoms with Gasteiger partial charge in [0.1, 0.15) is 0 Å². The van der Waals surface area contributed by atoms with Gasteiger partial charge in [0.05, 0.1) is 12.1 Å². The molecule has 2 aromatic heterocycles. The van der Waals surface area contributed by atoms with E-state index >= 15 is 0 Å². The molecule has 0 bridgehead atoms. The van der Waals surface area contributed by atoms with Crippen LogP contribution in [0.3, 0.4) is 0 Å². The Morgan fingerprint density at radius 3 is 2.58 bits per heavy atom. The molecule has 1 N–H and O–H groups in total. The third-order valence-electron chi connectivity index (χ3n) is 7.05. The highest BCUT2D eigenvalue weighted by molar-refractivity contribution is 5.84. The quantitative estimate of drug-likeness (QED) is 0.660. The first kappa shape index (κ1) is 20.2. The molecular weight excluding hydrogens is 388 g/mol. The van der Waals surface area contributed by atoms with E-state index < -0.39 is 0 Å². The van der Waals surface area contributed by atoms with Crippen LogP contribution >= 0.6 is 0 Å². The van der Waals surface area contributed by atoms with Gasteiger partial charge in [0, 0.05) is 23.0 Å². The minimum absolute atomic E-state index is 0.0776. The van der Waals surface area contributed by atoms with Gasteiger partial charge in [0.25, 0.3) is 0 Å².